The molecule has 1 aliphatic rings. The number of carbonyl (C=O) groups is 1. The zero-order chi connectivity index (χ0) is 14.5. The highest BCUT2D eigenvalue weighted by Crippen LogP contribution is 2.23. The molecule has 0 aliphatic carbocycles. The number of nitrogens with zero attached hydrogens (tertiary/aromatic N) is 2. The fourth-order valence-electron chi connectivity index (χ4n) is 2.46. The normalized spacial score (nSPS) is 16.4. The van der Waals surface area contributed by atoms with Gasteiger partial charge < -0.3 is 15.1 Å². The van der Waals surface area contributed by atoms with Crippen LogP contribution in [0, 0.1) is 5.82 Å². The van der Waals surface area contributed by atoms with Crippen LogP contribution in [0.4, 0.5) is 10.1 Å². The van der Waals surface area contributed by atoms with Crippen molar-refractivity contribution in [3.63, 3.8) is 0 Å². The third-order valence-electron chi connectivity index (χ3n) is 3.62. The van der Waals surface area contributed by atoms with E-state index in [9.17, 15) is 9.18 Å². The summed E-state index contributed by atoms with van der Waals surface area (Å²) in [6.45, 7) is 5.42. The minimum Gasteiger partial charge on any atom is -0.362 e. The lowest BCUT2D eigenvalue weighted by atomic mass is 10.1. The first-order chi connectivity index (χ1) is 9.61. The van der Waals surface area contributed by atoms with Gasteiger partial charge in [-0.3, -0.25) is 4.79 Å². The molecule has 0 radical (unpaired) electrons. The molecule has 2 rings (SSSR count). The molecule has 0 bridgehead atoms. The van der Waals surface area contributed by atoms with Crippen molar-refractivity contribution in [1.82, 2.24) is 10.2 Å². The highest BCUT2D eigenvalue weighted by atomic mass is 19.1. The van der Waals surface area contributed by atoms with Crippen molar-refractivity contribution >= 4 is 11.6 Å². The first kappa shape index (κ1) is 14.8. The summed E-state index contributed by atoms with van der Waals surface area (Å²) in [4.78, 5) is 15.8. The van der Waals surface area contributed by atoms with Crippen molar-refractivity contribution < 1.29 is 9.18 Å². The van der Waals surface area contributed by atoms with E-state index in [1.165, 1.54) is 6.07 Å². The minimum atomic E-state index is -0.236. The summed E-state index contributed by atoms with van der Waals surface area (Å²) in [7, 11) is 1.83. The van der Waals surface area contributed by atoms with Gasteiger partial charge in [-0.1, -0.05) is 6.92 Å². The van der Waals surface area contributed by atoms with E-state index >= 15 is 0 Å². The van der Waals surface area contributed by atoms with Crippen LogP contribution in [-0.4, -0.2) is 44.0 Å². The second-order valence-electron chi connectivity index (χ2n) is 5.14. The summed E-state index contributed by atoms with van der Waals surface area (Å²) in [6, 6.07) is 4.79. The minimum absolute atomic E-state index is 0.112. The van der Waals surface area contributed by atoms with E-state index in [4.69, 9.17) is 0 Å². The van der Waals surface area contributed by atoms with E-state index in [-0.39, 0.29) is 11.7 Å². The van der Waals surface area contributed by atoms with Crippen LogP contribution >= 0.6 is 0 Å². The average Bonchev–Trinajstić information content (AvgIpc) is 2.59. The number of halogens is 1. The summed E-state index contributed by atoms with van der Waals surface area (Å²) in [5.41, 5.74) is 1.86. The topological polar surface area (TPSA) is 35.6 Å². The second kappa shape index (κ2) is 6.70. The fraction of sp³-hybridized carbons (Fsp3) is 0.533. The molecule has 1 fully saturated rings. The van der Waals surface area contributed by atoms with Gasteiger partial charge in [0.25, 0.3) is 0 Å². The quantitative estimate of drug-likeness (QED) is 0.909. The summed E-state index contributed by atoms with van der Waals surface area (Å²) in [5.74, 6) is -0.124. The van der Waals surface area contributed by atoms with Crippen LogP contribution in [-0.2, 0) is 11.3 Å². The molecule has 1 amide bonds. The number of rotatable bonds is 4. The van der Waals surface area contributed by atoms with Crippen LogP contribution in [0.15, 0.2) is 18.2 Å². The van der Waals surface area contributed by atoms with Crippen molar-refractivity contribution in [1.29, 1.82) is 0 Å². The van der Waals surface area contributed by atoms with E-state index in [0.29, 0.717) is 13.1 Å². The first-order valence-corrected chi connectivity index (χ1v) is 7.10. The van der Waals surface area contributed by atoms with Gasteiger partial charge in [0.2, 0.25) is 5.91 Å². The van der Waals surface area contributed by atoms with Gasteiger partial charge in [-0.2, -0.15) is 0 Å². The molecule has 5 heteroatoms. The standard InChI is InChI=1S/C15H22FN3O/c1-3-17-10-12-9-13(16)5-6-14(12)19-8-4-7-18(2)15(20)11-19/h5-6,9,17H,3-4,7-8,10-11H2,1-2H3. The van der Waals surface area contributed by atoms with E-state index < -0.39 is 0 Å². The number of anilines is 1. The summed E-state index contributed by atoms with van der Waals surface area (Å²) >= 11 is 0. The predicted octanol–water partition coefficient (Wildman–Crippen LogP) is 1.60. The van der Waals surface area contributed by atoms with Crippen molar-refractivity contribution in [3.05, 3.63) is 29.6 Å². The highest BCUT2D eigenvalue weighted by Gasteiger charge is 2.21. The maximum absolute atomic E-state index is 13.4. The van der Waals surface area contributed by atoms with Gasteiger partial charge >= 0.3 is 0 Å². The Morgan fingerprint density at radius 3 is 2.90 bits per heavy atom. The number of benzene rings is 1. The first-order valence-electron chi connectivity index (χ1n) is 7.10. The Balaban J connectivity index is 2.23. The lowest BCUT2D eigenvalue weighted by Gasteiger charge is -2.25. The molecule has 0 unspecified atom stereocenters. The molecule has 1 aromatic rings. The van der Waals surface area contributed by atoms with E-state index in [2.05, 4.69) is 10.2 Å². The maximum Gasteiger partial charge on any atom is 0.241 e. The average molecular weight is 279 g/mol. The van der Waals surface area contributed by atoms with Gasteiger partial charge in [0.05, 0.1) is 6.54 Å². The molecule has 1 aliphatic heterocycles. The molecule has 0 aromatic heterocycles. The van der Waals surface area contributed by atoms with Crippen LogP contribution in [0.2, 0.25) is 0 Å². The highest BCUT2D eigenvalue weighted by molar-refractivity contribution is 5.82. The molecule has 0 saturated carbocycles. The number of likely N-dealkylation sites (N-methyl/N-ethyl adjacent to an activating group) is 1. The number of nitrogens with one attached hydrogen (secondary N) is 1. The summed E-state index contributed by atoms with van der Waals surface area (Å²) in [5, 5.41) is 3.22. The Bertz CT molecular complexity index is 478. The zero-order valence-corrected chi connectivity index (χ0v) is 12.2. The number of hydrogen-bond acceptors (Lipinski definition) is 3. The third-order valence-corrected chi connectivity index (χ3v) is 3.62. The van der Waals surface area contributed by atoms with Gasteiger partial charge in [-0.25, -0.2) is 4.39 Å². The Morgan fingerprint density at radius 1 is 1.35 bits per heavy atom. The van der Waals surface area contributed by atoms with Crippen LogP contribution in [0.25, 0.3) is 0 Å². The molecule has 1 N–H and O–H groups in total. The van der Waals surface area contributed by atoms with Crippen LogP contribution in [0.5, 0.6) is 0 Å². The largest absolute Gasteiger partial charge is 0.362 e. The van der Waals surface area contributed by atoms with E-state index in [0.717, 1.165) is 37.3 Å². The molecular formula is C15H22FN3O. The fourth-order valence-corrected chi connectivity index (χ4v) is 2.46. The maximum atomic E-state index is 13.4. The van der Waals surface area contributed by atoms with Crippen LogP contribution < -0.4 is 10.2 Å². The smallest absolute Gasteiger partial charge is 0.241 e. The number of hydrogen-bond donors (Lipinski definition) is 1. The van der Waals surface area contributed by atoms with Crippen molar-refractivity contribution in [3.8, 4) is 0 Å². The molecule has 1 aromatic carbocycles. The van der Waals surface area contributed by atoms with Crippen LogP contribution in [0.1, 0.15) is 18.9 Å². The molecule has 1 saturated heterocycles. The number of amides is 1. The lowest BCUT2D eigenvalue weighted by molar-refractivity contribution is -0.127. The third kappa shape index (κ3) is 3.48. The molecule has 4 nitrogen and oxygen atoms in total. The zero-order valence-electron chi connectivity index (χ0n) is 12.2. The van der Waals surface area contributed by atoms with Crippen molar-refractivity contribution in [2.75, 3.05) is 38.1 Å². The Morgan fingerprint density at radius 2 is 2.15 bits per heavy atom. The van der Waals surface area contributed by atoms with E-state index in [1.54, 1.807) is 17.0 Å². The van der Waals surface area contributed by atoms with Crippen molar-refractivity contribution in [2.24, 2.45) is 0 Å². The molecule has 1 heterocycles. The van der Waals surface area contributed by atoms with Gasteiger partial charge in [0.15, 0.2) is 0 Å². The Labute approximate surface area is 119 Å². The summed E-state index contributed by atoms with van der Waals surface area (Å²) in [6.07, 6.45) is 0.931. The van der Waals surface area contributed by atoms with Crippen LogP contribution in [0.3, 0.4) is 0 Å². The lowest BCUT2D eigenvalue weighted by Crippen LogP contribution is -2.35. The monoisotopic (exact) mass is 279 g/mol. The van der Waals surface area contributed by atoms with Gasteiger partial charge in [-0.15, -0.1) is 0 Å². The molecule has 0 spiro atoms. The molecule has 110 valence electrons. The number of carbonyl (C=O) groups excluding carboxylic acids is 1. The SMILES string of the molecule is CCNCc1cc(F)ccc1N1CCCN(C)C(=O)C1. The van der Waals surface area contributed by atoms with Gasteiger partial charge in [0.1, 0.15) is 5.82 Å². The molecular weight excluding hydrogens is 257 g/mol. The second-order valence-corrected chi connectivity index (χ2v) is 5.14. The molecule has 0 atom stereocenters. The Hall–Kier alpha value is -1.62. The molecule has 20 heavy (non-hydrogen) atoms. The van der Waals surface area contributed by atoms with Gasteiger partial charge in [-0.05, 0) is 36.7 Å². The summed E-state index contributed by atoms with van der Waals surface area (Å²) < 4.78 is 13.4. The van der Waals surface area contributed by atoms with E-state index in [1.807, 2.05) is 14.0 Å². The van der Waals surface area contributed by atoms with Gasteiger partial charge in [0, 0.05) is 32.4 Å². The Kier molecular flexibility index (Phi) is 4.95. The predicted molar refractivity (Wildman–Crippen MR) is 78.2 cm³/mol. The van der Waals surface area contributed by atoms with Crippen molar-refractivity contribution in [2.45, 2.75) is 19.9 Å².